The molecule has 1 unspecified atom stereocenters. The molecule has 1 aromatic heterocycles. The van der Waals surface area contributed by atoms with Crippen LogP contribution in [-0.4, -0.2) is 23.0 Å². The molecule has 100 valence electrons. The molecule has 4 heteroatoms. The number of rotatable bonds is 4. The van der Waals surface area contributed by atoms with Gasteiger partial charge in [0.2, 0.25) is 0 Å². The van der Waals surface area contributed by atoms with E-state index in [1.165, 1.54) is 38.5 Å². The summed E-state index contributed by atoms with van der Waals surface area (Å²) in [5.41, 5.74) is 1.18. The van der Waals surface area contributed by atoms with E-state index in [0.717, 1.165) is 5.82 Å². The van der Waals surface area contributed by atoms with Crippen molar-refractivity contribution in [1.82, 2.24) is 9.97 Å². The second-order valence-corrected chi connectivity index (χ2v) is 5.45. The summed E-state index contributed by atoms with van der Waals surface area (Å²) in [6, 6.07) is 0. The van der Waals surface area contributed by atoms with Gasteiger partial charge in [-0.3, -0.25) is 4.79 Å². The van der Waals surface area contributed by atoms with E-state index in [1.807, 2.05) is 20.0 Å². The number of carbonyl (C=O) groups is 1. The van der Waals surface area contributed by atoms with E-state index in [-0.39, 0.29) is 17.8 Å². The van der Waals surface area contributed by atoms with Gasteiger partial charge in [-0.25, -0.2) is 4.98 Å². The van der Waals surface area contributed by atoms with Crippen LogP contribution < -0.4 is 0 Å². The molecular weight excluding hydrogens is 228 g/mol. The number of aromatic nitrogens is 2. The molecule has 18 heavy (non-hydrogen) atoms. The smallest absolute Gasteiger partial charge is 0.316 e. The molecule has 1 aliphatic rings. The number of ether oxygens (including phenoxy) is 1. The van der Waals surface area contributed by atoms with Crippen molar-refractivity contribution in [3.63, 3.8) is 0 Å². The lowest BCUT2D eigenvalue weighted by Crippen LogP contribution is -2.20. The fraction of sp³-hybridized carbons (Fsp3) is 0.714. The Morgan fingerprint density at radius 3 is 2.67 bits per heavy atom. The van der Waals surface area contributed by atoms with E-state index in [2.05, 4.69) is 9.97 Å². The van der Waals surface area contributed by atoms with E-state index >= 15 is 0 Å². The van der Waals surface area contributed by atoms with E-state index in [1.54, 1.807) is 0 Å². The highest BCUT2D eigenvalue weighted by Gasteiger charge is 2.29. The minimum absolute atomic E-state index is 0.181. The summed E-state index contributed by atoms with van der Waals surface area (Å²) < 4.78 is 4.86. The normalized spacial score (nSPS) is 18.2. The topological polar surface area (TPSA) is 55.0 Å². The Kier molecular flexibility index (Phi) is 4.04. The lowest BCUT2D eigenvalue weighted by molar-refractivity contribution is -0.143. The molecular formula is C14H22N2O2. The molecule has 0 amide bonds. The van der Waals surface area contributed by atoms with E-state index in [0.29, 0.717) is 5.92 Å². The second kappa shape index (κ2) is 5.55. The van der Waals surface area contributed by atoms with Crippen molar-refractivity contribution >= 4 is 5.97 Å². The third-order valence-electron chi connectivity index (χ3n) is 3.83. The maximum absolute atomic E-state index is 11.8. The molecule has 4 nitrogen and oxygen atoms in total. The summed E-state index contributed by atoms with van der Waals surface area (Å²) in [5, 5.41) is 0. The van der Waals surface area contributed by atoms with Crippen molar-refractivity contribution in [2.24, 2.45) is 5.92 Å². The predicted octanol–water partition coefficient (Wildman–Crippen LogP) is 2.98. The average molecular weight is 250 g/mol. The van der Waals surface area contributed by atoms with Crippen LogP contribution in [0.5, 0.6) is 0 Å². The largest absolute Gasteiger partial charge is 0.468 e. The average Bonchev–Trinajstić information content (AvgIpc) is 2.98. The maximum Gasteiger partial charge on any atom is 0.316 e. The van der Waals surface area contributed by atoms with Gasteiger partial charge < -0.3 is 9.72 Å². The van der Waals surface area contributed by atoms with Crippen LogP contribution >= 0.6 is 0 Å². The molecule has 0 spiro atoms. The van der Waals surface area contributed by atoms with Crippen LogP contribution in [0.25, 0.3) is 0 Å². The Hall–Kier alpha value is -1.32. The fourth-order valence-electron chi connectivity index (χ4n) is 2.78. The third-order valence-corrected chi connectivity index (χ3v) is 3.83. The highest BCUT2D eigenvalue weighted by Crippen LogP contribution is 2.34. The zero-order valence-electron chi connectivity index (χ0n) is 11.4. The van der Waals surface area contributed by atoms with Crippen LogP contribution in [0, 0.1) is 5.92 Å². The van der Waals surface area contributed by atoms with Crippen molar-refractivity contribution in [3.05, 3.63) is 17.7 Å². The first kappa shape index (κ1) is 13.1. The first-order valence-corrected chi connectivity index (χ1v) is 6.76. The fourth-order valence-corrected chi connectivity index (χ4v) is 2.78. The summed E-state index contributed by atoms with van der Waals surface area (Å²) in [6.45, 7) is 4.03. The SMILES string of the molecule is COC(=O)C(c1ncc(C2CCCC2)[nH]1)C(C)C. The Labute approximate surface area is 108 Å². The van der Waals surface area contributed by atoms with Crippen LogP contribution in [0.15, 0.2) is 6.20 Å². The summed E-state index contributed by atoms with van der Waals surface area (Å²) in [4.78, 5) is 19.5. The van der Waals surface area contributed by atoms with Crippen molar-refractivity contribution in [3.8, 4) is 0 Å². The molecule has 0 radical (unpaired) electrons. The highest BCUT2D eigenvalue weighted by molar-refractivity contribution is 5.77. The Morgan fingerprint density at radius 1 is 1.44 bits per heavy atom. The number of nitrogens with one attached hydrogen (secondary N) is 1. The number of esters is 1. The van der Waals surface area contributed by atoms with Crippen molar-refractivity contribution in [2.75, 3.05) is 7.11 Å². The van der Waals surface area contributed by atoms with Gasteiger partial charge in [0.1, 0.15) is 11.7 Å². The number of methoxy groups -OCH3 is 1. The van der Waals surface area contributed by atoms with Crippen molar-refractivity contribution < 1.29 is 9.53 Å². The monoisotopic (exact) mass is 250 g/mol. The molecule has 1 N–H and O–H groups in total. The van der Waals surface area contributed by atoms with E-state index < -0.39 is 0 Å². The number of nitrogens with zero attached hydrogens (tertiary/aromatic N) is 1. The molecule has 2 rings (SSSR count). The summed E-state index contributed by atoms with van der Waals surface area (Å²) in [7, 11) is 1.43. The van der Waals surface area contributed by atoms with Gasteiger partial charge in [0.05, 0.1) is 7.11 Å². The van der Waals surface area contributed by atoms with Crippen molar-refractivity contribution in [1.29, 1.82) is 0 Å². The number of imidazole rings is 1. The zero-order valence-corrected chi connectivity index (χ0v) is 11.4. The minimum Gasteiger partial charge on any atom is -0.468 e. The van der Waals surface area contributed by atoms with Crippen LogP contribution in [0.4, 0.5) is 0 Å². The number of H-pyrrole nitrogens is 1. The van der Waals surface area contributed by atoms with Gasteiger partial charge in [-0.05, 0) is 18.8 Å². The van der Waals surface area contributed by atoms with Gasteiger partial charge in [-0.2, -0.15) is 0 Å². The predicted molar refractivity (Wildman–Crippen MR) is 69.4 cm³/mol. The first-order valence-electron chi connectivity index (χ1n) is 6.76. The molecule has 1 saturated carbocycles. The summed E-state index contributed by atoms with van der Waals surface area (Å²) in [5.74, 6) is 1.03. The van der Waals surface area contributed by atoms with Crippen LogP contribution in [0.2, 0.25) is 0 Å². The highest BCUT2D eigenvalue weighted by atomic mass is 16.5. The van der Waals surface area contributed by atoms with Gasteiger partial charge in [0, 0.05) is 17.8 Å². The second-order valence-electron chi connectivity index (χ2n) is 5.45. The third kappa shape index (κ3) is 2.57. The number of hydrogen-bond acceptors (Lipinski definition) is 3. The minimum atomic E-state index is -0.287. The Morgan fingerprint density at radius 2 is 2.11 bits per heavy atom. The number of carbonyl (C=O) groups excluding carboxylic acids is 1. The molecule has 0 saturated heterocycles. The zero-order chi connectivity index (χ0) is 13.1. The lowest BCUT2D eigenvalue weighted by atomic mass is 9.95. The standard InChI is InChI=1S/C14H22N2O2/c1-9(2)12(14(17)18-3)13-15-8-11(16-13)10-6-4-5-7-10/h8-10,12H,4-7H2,1-3H3,(H,15,16). The van der Waals surface area contributed by atoms with Crippen molar-refractivity contribution in [2.45, 2.75) is 51.4 Å². The Bertz CT molecular complexity index is 406. The first-order chi connectivity index (χ1) is 8.63. The summed E-state index contributed by atoms with van der Waals surface area (Å²) >= 11 is 0. The quantitative estimate of drug-likeness (QED) is 0.836. The van der Waals surface area contributed by atoms with Gasteiger partial charge in [-0.1, -0.05) is 26.7 Å². The molecule has 1 fully saturated rings. The van der Waals surface area contributed by atoms with Gasteiger partial charge in [0.15, 0.2) is 0 Å². The molecule has 1 aromatic rings. The summed E-state index contributed by atoms with van der Waals surface area (Å²) in [6.07, 6.45) is 6.94. The molecule has 1 atom stereocenters. The lowest BCUT2D eigenvalue weighted by Gasteiger charge is -2.16. The maximum atomic E-state index is 11.8. The number of aromatic amines is 1. The van der Waals surface area contributed by atoms with Gasteiger partial charge in [-0.15, -0.1) is 0 Å². The molecule has 1 heterocycles. The van der Waals surface area contributed by atoms with E-state index in [4.69, 9.17) is 4.74 Å². The van der Waals surface area contributed by atoms with Crippen LogP contribution in [0.3, 0.4) is 0 Å². The molecule has 0 aromatic carbocycles. The van der Waals surface area contributed by atoms with E-state index in [9.17, 15) is 4.79 Å². The Balaban J connectivity index is 2.18. The van der Waals surface area contributed by atoms with Crippen LogP contribution in [-0.2, 0) is 9.53 Å². The molecule has 0 bridgehead atoms. The van der Waals surface area contributed by atoms with Gasteiger partial charge >= 0.3 is 5.97 Å². The molecule has 1 aliphatic carbocycles. The molecule has 0 aliphatic heterocycles. The van der Waals surface area contributed by atoms with Gasteiger partial charge in [0.25, 0.3) is 0 Å². The number of hydrogen-bond donors (Lipinski definition) is 1. The van der Waals surface area contributed by atoms with Crippen LogP contribution in [0.1, 0.15) is 62.9 Å².